The minimum absolute atomic E-state index is 0. The van der Waals surface area contributed by atoms with Crippen molar-refractivity contribution in [2.75, 3.05) is 53.4 Å². The molecule has 28 heavy (non-hydrogen) atoms. The van der Waals surface area contributed by atoms with E-state index >= 15 is 0 Å². The van der Waals surface area contributed by atoms with E-state index < -0.39 is 0 Å². The highest BCUT2D eigenvalue weighted by Crippen LogP contribution is 2.10. The second kappa shape index (κ2) is 12.8. The summed E-state index contributed by atoms with van der Waals surface area (Å²) in [4.78, 5) is 22.8. The summed E-state index contributed by atoms with van der Waals surface area (Å²) in [5, 5.41) is 3.37. The van der Waals surface area contributed by atoms with E-state index in [2.05, 4.69) is 60.4 Å². The highest BCUT2D eigenvalue weighted by atomic mass is 127. The zero-order valence-electron chi connectivity index (χ0n) is 17.5. The highest BCUT2D eigenvalue weighted by molar-refractivity contribution is 14.0. The number of hydrogen-bond acceptors (Lipinski definition) is 4. The fourth-order valence-electron chi connectivity index (χ4n) is 3.10. The van der Waals surface area contributed by atoms with Gasteiger partial charge in [-0.3, -0.25) is 0 Å². The maximum atomic E-state index is 11.9. The molecule has 0 aromatic heterocycles. The Balaban J connectivity index is 0.00000392. The van der Waals surface area contributed by atoms with Gasteiger partial charge in [0.1, 0.15) is 0 Å². The number of rotatable bonds is 6. The molecule has 2 rings (SSSR count). The number of nitrogens with one attached hydrogen (secondary N) is 1. The van der Waals surface area contributed by atoms with Crippen LogP contribution in [0.25, 0.3) is 0 Å². The molecule has 1 aromatic carbocycles. The van der Waals surface area contributed by atoms with Crippen LogP contribution in [0.3, 0.4) is 0 Å². The molecule has 0 atom stereocenters. The zero-order chi connectivity index (χ0) is 19.6. The Morgan fingerprint density at radius 1 is 1.14 bits per heavy atom. The number of carbonyl (C=O) groups is 1. The number of ether oxygens (including phenoxy) is 1. The fourth-order valence-corrected chi connectivity index (χ4v) is 3.10. The third kappa shape index (κ3) is 7.83. The van der Waals surface area contributed by atoms with Crippen LogP contribution in [-0.2, 0) is 17.8 Å². The Morgan fingerprint density at radius 3 is 2.39 bits per heavy atom. The molecule has 0 saturated carbocycles. The Labute approximate surface area is 186 Å². The molecule has 0 spiro atoms. The molecule has 1 aliphatic rings. The van der Waals surface area contributed by atoms with Crippen LogP contribution in [0, 0.1) is 0 Å². The van der Waals surface area contributed by atoms with Crippen LogP contribution in [0.2, 0.25) is 0 Å². The molecule has 1 amide bonds. The molecule has 1 heterocycles. The van der Waals surface area contributed by atoms with Crippen molar-refractivity contribution in [3.63, 3.8) is 0 Å². The standard InChI is InChI=1S/C20H33N5O2.HI/c1-5-21-19(24-10-12-25(13-11-24)20(26)27-6-2)22-15-17-8-7-9-18(14-17)16-23(3)4;/h7-9,14H,5-6,10-13,15-16H2,1-4H3,(H,21,22);1H. The molecular weight excluding hydrogens is 469 g/mol. The van der Waals surface area contributed by atoms with Gasteiger partial charge in [0.15, 0.2) is 5.96 Å². The molecule has 158 valence electrons. The number of amides is 1. The second-order valence-electron chi connectivity index (χ2n) is 6.90. The summed E-state index contributed by atoms with van der Waals surface area (Å²) >= 11 is 0. The average molecular weight is 503 g/mol. The Hall–Kier alpha value is -1.55. The summed E-state index contributed by atoms with van der Waals surface area (Å²) in [7, 11) is 4.15. The van der Waals surface area contributed by atoms with E-state index in [0.717, 1.165) is 32.1 Å². The molecule has 1 aliphatic heterocycles. The summed E-state index contributed by atoms with van der Waals surface area (Å²) in [5.74, 6) is 0.902. The number of aliphatic imine (C=N–C) groups is 1. The summed E-state index contributed by atoms with van der Waals surface area (Å²) < 4.78 is 5.09. The van der Waals surface area contributed by atoms with Gasteiger partial charge < -0.3 is 24.8 Å². The van der Waals surface area contributed by atoms with E-state index in [1.807, 2.05) is 6.92 Å². The lowest BCUT2D eigenvalue weighted by Gasteiger charge is -2.35. The quantitative estimate of drug-likeness (QED) is 0.368. The number of halogens is 1. The van der Waals surface area contributed by atoms with E-state index in [-0.39, 0.29) is 30.1 Å². The van der Waals surface area contributed by atoms with Gasteiger partial charge in [0.25, 0.3) is 0 Å². The van der Waals surface area contributed by atoms with Crippen LogP contribution in [0.15, 0.2) is 29.3 Å². The van der Waals surface area contributed by atoms with Gasteiger partial charge in [-0.15, -0.1) is 24.0 Å². The molecule has 0 unspecified atom stereocenters. The van der Waals surface area contributed by atoms with Crippen LogP contribution in [0.5, 0.6) is 0 Å². The van der Waals surface area contributed by atoms with E-state index in [1.165, 1.54) is 11.1 Å². The molecule has 0 radical (unpaired) electrons. The topological polar surface area (TPSA) is 60.4 Å². The van der Waals surface area contributed by atoms with Gasteiger partial charge in [-0.2, -0.15) is 0 Å². The summed E-state index contributed by atoms with van der Waals surface area (Å²) in [6, 6.07) is 8.57. The van der Waals surface area contributed by atoms with Crippen LogP contribution in [0.4, 0.5) is 4.79 Å². The fraction of sp³-hybridized carbons (Fsp3) is 0.600. The normalized spacial score (nSPS) is 14.7. The third-order valence-electron chi connectivity index (χ3n) is 4.34. The minimum Gasteiger partial charge on any atom is -0.450 e. The molecular formula is C20H34IN5O2. The van der Waals surface area contributed by atoms with Gasteiger partial charge >= 0.3 is 6.09 Å². The summed E-state index contributed by atoms with van der Waals surface area (Å²) in [5.41, 5.74) is 2.50. The molecule has 1 fully saturated rings. The van der Waals surface area contributed by atoms with Crippen LogP contribution >= 0.6 is 24.0 Å². The largest absolute Gasteiger partial charge is 0.450 e. The average Bonchev–Trinajstić information content (AvgIpc) is 2.65. The predicted octanol–water partition coefficient (Wildman–Crippen LogP) is 2.61. The van der Waals surface area contributed by atoms with Gasteiger partial charge in [0.2, 0.25) is 0 Å². The van der Waals surface area contributed by atoms with Gasteiger partial charge in [-0.25, -0.2) is 9.79 Å². The smallest absolute Gasteiger partial charge is 0.409 e. The first-order valence-electron chi connectivity index (χ1n) is 9.71. The molecule has 1 aromatic rings. The number of guanidine groups is 1. The van der Waals surface area contributed by atoms with Crippen molar-refractivity contribution in [1.82, 2.24) is 20.0 Å². The van der Waals surface area contributed by atoms with Crippen LogP contribution < -0.4 is 5.32 Å². The van der Waals surface area contributed by atoms with Crippen molar-refractivity contribution in [1.29, 1.82) is 0 Å². The molecule has 0 aliphatic carbocycles. The number of carbonyl (C=O) groups excluding carboxylic acids is 1. The lowest BCUT2D eigenvalue weighted by atomic mass is 10.1. The molecule has 1 saturated heterocycles. The van der Waals surface area contributed by atoms with Crippen molar-refractivity contribution >= 4 is 36.0 Å². The maximum absolute atomic E-state index is 11.9. The van der Waals surface area contributed by atoms with Crippen molar-refractivity contribution < 1.29 is 9.53 Å². The van der Waals surface area contributed by atoms with Crippen LogP contribution in [0.1, 0.15) is 25.0 Å². The minimum atomic E-state index is -0.225. The highest BCUT2D eigenvalue weighted by Gasteiger charge is 2.23. The van der Waals surface area contributed by atoms with Crippen molar-refractivity contribution in [3.05, 3.63) is 35.4 Å². The summed E-state index contributed by atoms with van der Waals surface area (Å²) in [6.45, 7) is 9.52. The van der Waals surface area contributed by atoms with E-state index in [4.69, 9.17) is 9.73 Å². The number of nitrogens with zero attached hydrogens (tertiary/aromatic N) is 4. The number of benzene rings is 1. The van der Waals surface area contributed by atoms with E-state index in [1.54, 1.807) is 4.90 Å². The second-order valence-corrected chi connectivity index (χ2v) is 6.90. The molecule has 7 nitrogen and oxygen atoms in total. The Morgan fingerprint density at radius 2 is 1.79 bits per heavy atom. The van der Waals surface area contributed by atoms with E-state index in [0.29, 0.717) is 26.2 Å². The van der Waals surface area contributed by atoms with Gasteiger partial charge in [-0.1, -0.05) is 24.3 Å². The van der Waals surface area contributed by atoms with Gasteiger partial charge in [0, 0.05) is 39.3 Å². The Bertz CT molecular complexity index is 631. The van der Waals surface area contributed by atoms with Crippen molar-refractivity contribution in [3.8, 4) is 0 Å². The first-order valence-corrected chi connectivity index (χ1v) is 9.71. The van der Waals surface area contributed by atoms with Gasteiger partial charge in [-0.05, 0) is 39.1 Å². The first-order chi connectivity index (χ1) is 13.0. The van der Waals surface area contributed by atoms with Gasteiger partial charge in [0.05, 0.1) is 13.2 Å². The predicted molar refractivity (Wildman–Crippen MR) is 124 cm³/mol. The summed E-state index contributed by atoms with van der Waals surface area (Å²) in [6.07, 6.45) is -0.225. The van der Waals surface area contributed by atoms with Crippen LogP contribution in [-0.4, -0.2) is 80.2 Å². The monoisotopic (exact) mass is 503 g/mol. The first kappa shape index (κ1) is 24.5. The third-order valence-corrected chi connectivity index (χ3v) is 4.34. The number of hydrogen-bond donors (Lipinski definition) is 1. The number of piperazine rings is 1. The van der Waals surface area contributed by atoms with Crippen molar-refractivity contribution in [2.24, 2.45) is 4.99 Å². The maximum Gasteiger partial charge on any atom is 0.409 e. The lowest BCUT2D eigenvalue weighted by Crippen LogP contribution is -2.53. The molecule has 8 heteroatoms. The molecule has 0 bridgehead atoms. The molecule has 1 N–H and O–H groups in total. The van der Waals surface area contributed by atoms with Crippen molar-refractivity contribution in [2.45, 2.75) is 26.9 Å². The Kier molecular flexibility index (Phi) is 11.2. The SMILES string of the molecule is CCNC(=NCc1cccc(CN(C)C)c1)N1CCN(C(=O)OCC)CC1.I. The zero-order valence-corrected chi connectivity index (χ0v) is 19.8. The van der Waals surface area contributed by atoms with E-state index in [9.17, 15) is 4.79 Å². The lowest BCUT2D eigenvalue weighted by molar-refractivity contribution is 0.0914.